The van der Waals surface area contributed by atoms with E-state index in [0.29, 0.717) is 12.1 Å². The number of benzene rings is 1. The molecule has 0 bridgehead atoms. The second-order valence-corrected chi connectivity index (χ2v) is 6.30. The molecule has 0 radical (unpaired) electrons. The van der Waals surface area contributed by atoms with Crippen LogP contribution in [0.3, 0.4) is 0 Å². The number of hydrogen-bond acceptors (Lipinski definition) is 5. The molecule has 0 saturated heterocycles. The minimum atomic E-state index is -7.40. The van der Waals surface area contributed by atoms with Gasteiger partial charge in [0.05, 0.1) is 12.7 Å². The van der Waals surface area contributed by atoms with Crippen molar-refractivity contribution in [1.82, 2.24) is 0 Å². The quantitative estimate of drug-likeness (QED) is 0.389. The molecular formula is C12H7F9O5S. The van der Waals surface area contributed by atoms with Crippen molar-refractivity contribution in [3.05, 3.63) is 29.8 Å². The monoisotopic (exact) mass is 434 g/mol. The van der Waals surface area contributed by atoms with Crippen molar-refractivity contribution in [3.8, 4) is 5.75 Å². The Labute approximate surface area is 144 Å². The van der Waals surface area contributed by atoms with E-state index in [0.717, 1.165) is 19.2 Å². The molecule has 15 heteroatoms. The Morgan fingerprint density at radius 2 is 1.30 bits per heavy atom. The lowest BCUT2D eigenvalue weighted by atomic mass is 10.1. The summed E-state index contributed by atoms with van der Waals surface area (Å²) >= 11 is 0. The summed E-state index contributed by atoms with van der Waals surface area (Å²) in [5.41, 5.74) is -0.275. The Bertz CT molecular complexity index is 800. The zero-order valence-corrected chi connectivity index (χ0v) is 13.5. The fourth-order valence-corrected chi connectivity index (χ4v) is 2.37. The highest BCUT2D eigenvalue weighted by atomic mass is 32.2. The Morgan fingerprint density at radius 1 is 0.852 bits per heavy atom. The number of ether oxygens (including phenoxy) is 1. The normalized spacial score (nSPS) is 14.0. The van der Waals surface area contributed by atoms with Gasteiger partial charge in [-0.15, -0.1) is 0 Å². The standard InChI is InChI=1S/C12H7F9O5S/c1-25-8(22)6-2-4-7(5-3-6)26-27(23,24)12(20,21)10(15,16)9(13,14)11(17,18)19/h2-5H,1H3. The minimum Gasteiger partial charge on any atom is -0.465 e. The van der Waals surface area contributed by atoms with Crippen molar-refractivity contribution < 1.29 is 61.6 Å². The Balaban J connectivity index is 3.27. The Hall–Kier alpha value is -2.19. The van der Waals surface area contributed by atoms with Crippen LogP contribution in [0.4, 0.5) is 39.5 Å². The molecule has 5 nitrogen and oxygen atoms in total. The maximum atomic E-state index is 13.4. The van der Waals surface area contributed by atoms with Gasteiger partial charge in [0.2, 0.25) is 0 Å². The average molecular weight is 434 g/mol. The van der Waals surface area contributed by atoms with Gasteiger partial charge in [0.15, 0.2) is 0 Å². The van der Waals surface area contributed by atoms with Crippen molar-refractivity contribution in [3.63, 3.8) is 0 Å². The largest absolute Gasteiger partial charge is 0.465 e. The molecule has 0 saturated carbocycles. The molecule has 0 aromatic heterocycles. The molecule has 0 N–H and O–H groups in total. The maximum Gasteiger partial charge on any atom is 0.460 e. The molecule has 0 unspecified atom stereocenters. The Morgan fingerprint density at radius 3 is 1.67 bits per heavy atom. The minimum absolute atomic E-state index is 0.275. The summed E-state index contributed by atoms with van der Waals surface area (Å²) in [6, 6.07) is 2.38. The van der Waals surface area contributed by atoms with Crippen molar-refractivity contribution in [2.24, 2.45) is 0 Å². The number of methoxy groups -OCH3 is 1. The topological polar surface area (TPSA) is 69.7 Å². The highest BCUT2D eigenvalue weighted by Crippen LogP contribution is 2.54. The number of hydrogen-bond donors (Lipinski definition) is 0. The van der Waals surface area contributed by atoms with Crippen molar-refractivity contribution >= 4 is 16.1 Å². The van der Waals surface area contributed by atoms with Crippen LogP contribution in [0.15, 0.2) is 24.3 Å². The molecule has 0 heterocycles. The molecular weight excluding hydrogens is 427 g/mol. The summed E-state index contributed by atoms with van der Waals surface area (Å²) < 4.78 is 145. The lowest BCUT2D eigenvalue weighted by molar-refractivity contribution is -0.382. The molecule has 154 valence electrons. The second-order valence-electron chi connectivity index (χ2n) is 4.72. The van der Waals surface area contributed by atoms with Crippen LogP contribution in [0, 0.1) is 0 Å². The molecule has 0 atom stereocenters. The molecule has 0 aliphatic rings. The van der Waals surface area contributed by atoms with E-state index in [-0.39, 0.29) is 5.56 Å². The average Bonchev–Trinajstić information content (AvgIpc) is 2.52. The molecule has 0 amide bonds. The first-order valence-corrected chi connectivity index (χ1v) is 7.66. The van der Waals surface area contributed by atoms with Gasteiger partial charge in [-0.3, -0.25) is 0 Å². The summed E-state index contributed by atoms with van der Waals surface area (Å²) in [4.78, 5) is 11.1. The molecule has 1 aromatic rings. The van der Waals surface area contributed by atoms with Crippen molar-refractivity contribution in [2.75, 3.05) is 7.11 Å². The van der Waals surface area contributed by atoms with Crippen LogP contribution < -0.4 is 4.18 Å². The van der Waals surface area contributed by atoms with Crippen LogP contribution >= 0.6 is 0 Å². The third kappa shape index (κ3) is 3.77. The van der Waals surface area contributed by atoms with E-state index < -0.39 is 45.1 Å². The summed E-state index contributed by atoms with van der Waals surface area (Å²) in [5, 5.41) is -6.97. The molecule has 27 heavy (non-hydrogen) atoms. The highest BCUT2D eigenvalue weighted by Gasteiger charge is 2.86. The summed E-state index contributed by atoms with van der Waals surface area (Å²) in [6.07, 6.45) is -7.18. The SMILES string of the molecule is COC(=O)c1ccc(OS(=O)(=O)C(F)(F)C(F)(F)C(F)(F)C(F)(F)F)cc1. The van der Waals surface area contributed by atoms with E-state index in [4.69, 9.17) is 0 Å². The zero-order chi connectivity index (χ0) is 21.5. The van der Waals surface area contributed by atoms with Gasteiger partial charge in [-0.2, -0.15) is 47.9 Å². The van der Waals surface area contributed by atoms with Crippen LogP contribution in [0.1, 0.15) is 10.4 Å². The van der Waals surface area contributed by atoms with E-state index in [1.807, 2.05) is 0 Å². The lowest BCUT2D eigenvalue weighted by Crippen LogP contribution is -2.63. The maximum absolute atomic E-state index is 13.4. The number of carbonyl (C=O) groups excluding carboxylic acids is 1. The van der Waals surface area contributed by atoms with Gasteiger partial charge in [0.1, 0.15) is 5.75 Å². The molecule has 0 aliphatic heterocycles. The highest BCUT2D eigenvalue weighted by molar-refractivity contribution is 7.88. The fourth-order valence-electron chi connectivity index (χ4n) is 1.46. The first-order valence-electron chi connectivity index (χ1n) is 6.25. The van der Waals surface area contributed by atoms with Gasteiger partial charge in [-0.25, -0.2) is 4.79 Å². The molecule has 0 spiro atoms. The van der Waals surface area contributed by atoms with E-state index in [1.165, 1.54) is 0 Å². The number of halogens is 9. The van der Waals surface area contributed by atoms with Gasteiger partial charge in [-0.05, 0) is 24.3 Å². The molecule has 1 rings (SSSR count). The van der Waals surface area contributed by atoms with Crippen LogP contribution in [0.2, 0.25) is 0 Å². The molecule has 0 aliphatic carbocycles. The number of rotatable bonds is 6. The number of esters is 1. The van der Waals surface area contributed by atoms with Gasteiger partial charge in [0, 0.05) is 0 Å². The van der Waals surface area contributed by atoms with Crippen LogP contribution in [-0.4, -0.2) is 44.8 Å². The predicted molar refractivity (Wildman–Crippen MR) is 68.2 cm³/mol. The predicted octanol–water partition coefficient (Wildman–Crippen LogP) is 3.61. The van der Waals surface area contributed by atoms with Crippen LogP contribution in [0.5, 0.6) is 5.75 Å². The van der Waals surface area contributed by atoms with E-state index in [9.17, 15) is 52.7 Å². The van der Waals surface area contributed by atoms with E-state index in [1.54, 1.807) is 0 Å². The molecule has 1 aromatic carbocycles. The van der Waals surface area contributed by atoms with E-state index >= 15 is 0 Å². The van der Waals surface area contributed by atoms with E-state index in [2.05, 4.69) is 8.92 Å². The number of carbonyl (C=O) groups is 1. The lowest BCUT2D eigenvalue weighted by Gasteiger charge is -2.32. The number of alkyl halides is 9. The first-order chi connectivity index (χ1) is 11.9. The van der Waals surface area contributed by atoms with Crippen molar-refractivity contribution in [2.45, 2.75) is 23.3 Å². The summed E-state index contributed by atoms with van der Waals surface area (Å²) in [6.45, 7) is 0. The smallest absolute Gasteiger partial charge is 0.460 e. The van der Waals surface area contributed by atoms with Gasteiger partial charge < -0.3 is 8.92 Å². The molecule has 0 fully saturated rings. The summed E-state index contributed by atoms with van der Waals surface area (Å²) in [5.74, 6) is -16.9. The zero-order valence-electron chi connectivity index (χ0n) is 12.7. The van der Waals surface area contributed by atoms with Crippen LogP contribution in [-0.2, 0) is 14.9 Å². The van der Waals surface area contributed by atoms with Crippen LogP contribution in [0.25, 0.3) is 0 Å². The second kappa shape index (κ2) is 6.76. The fraction of sp³-hybridized carbons (Fsp3) is 0.417. The van der Waals surface area contributed by atoms with Crippen molar-refractivity contribution in [1.29, 1.82) is 0 Å². The third-order valence-corrected chi connectivity index (χ3v) is 4.21. The third-order valence-electron chi connectivity index (χ3n) is 2.91. The van der Waals surface area contributed by atoms with Gasteiger partial charge in [-0.1, -0.05) is 0 Å². The summed E-state index contributed by atoms with van der Waals surface area (Å²) in [7, 11) is -6.09. The van der Waals surface area contributed by atoms with Gasteiger partial charge in [0.25, 0.3) is 0 Å². The first kappa shape index (κ1) is 22.9. The van der Waals surface area contributed by atoms with Gasteiger partial charge >= 0.3 is 39.4 Å². The Kier molecular flexibility index (Phi) is 5.72.